The number of aromatic hydroxyl groups is 1. The largest absolute Gasteiger partial charge is 0.506 e. The first-order valence-corrected chi connectivity index (χ1v) is 5.46. The minimum atomic E-state index is -0.533. The Morgan fingerprint density at radius 3 is 2.71 bits per heavy atom. The lowest BCUT2D eigenvalue weighted by Crippen LogP contribution is -1.94. The molecule has 0 aliphatic heterocycles. The fraction of sp³-hybridized carbons (Fsp3) is 0.222. The summed E-state index contributed by atoms with van der Waals surface area (Å²) in [6.45, 7) is 0. The summed E-state index contributed by atoms with van der Waals surface area (Å²) in [6, 6.07) is 3.23. The SMILES string of the molecule is COc1cc(Br)c(O)c(C(Br)C=O)c1. The number of aldehydes is 1. The van der Waals surface area contributed by atoms with Crippen molar-refractivity contribution in [2.75, 3.05) is 7.11 Å². The molecule has 0 fully saturated rings. The molecule has 0 saturated heterocycles. The van der Waals surface area contributed by atoms with Gasteiger partial charge in [-0.15, -0.1) is 0 Å². The van der Waals surface area contributed by atoms with Crippen LogP contribution in [0.15, 0.2) is 16.6 Å². The van der Waals surface area contributed by atoms with E-state index < -0.39 is 4.83 Å². The van der Waals surface area contributed by atoms with Crippen molar-refractivity contribution in [3.63, 3.8) is 0 Å². The molecular weight excluding hydrogens is 316 g/mol. The van der Waals surface area contributed by atoms with E-state index in [1.807, 2.05) is 0 Å². The number of carbonyl (C=O) groups is 1. The Morgan fingerprint density at radius 1 is 1.57 bits per heavy atom. The van der Waals surface area contributed by atoms with Gasteiger partial charge < -0.3 is 14.6 Å². The maximum atomic E-state index is 10.6. The quantitative estimate of drug-likeness (QED) is 0.687. The Hall–Kier alpha value is -0.550. The Balaban J connectivity index is 3.26. The molecule has 1 rings (SSSR count). The molecule has 0 spiro atoms. The highest BCUT2D eigenvalue weighted by Gasteiger charge is 2.15. The number of ether oxygens (including phenoxy) is 1. The topological polar surface area (TPSA) is 46.5 Å². The van der Waals surface area contributed by atoms with Crippen molar-refractivity contribution >= 4 is 38.1 Å². The molecule has 76 valence electrons. The predicted molar refractivity (Wildman–Crippen MR) is 60.1 cm³/mol. The van der Waals surface area contributed by atoms with E-state index >= 15 is 0 Å². The van der Waals surface area contributed by atoms with Crippen molar-refractivity contribution in [2.45, 2.75) is 4.83 Å². The van der Waals surface area contributed by atoms with Gasteiger partial charge in [0.05, 0.1) is 16.4 Å². The highest BCUT2D eigenvalue weighted by atomic mass is 79.9. The van der Waals surface area contributed by atoms with Crippen LogP contribution in [0.4, 0.5) is 0 Å². The number of hydrogen-bond acceptors (Lipinski definition) is 3. The summed E-state index contributed by atoms with van der Waals surface area (Å²) < 4.78 is 5.51. The molecule has 1 aromatic carbocycles. The van der Waals surface area contributed by atoms with E-state index in [0.717, 1.165) is 0 Å². The van der Waals surface area contributed by atoms with Crippen molar-refractivity contribution in [1.29, 1.82) is 0 Å². The summed E-state index contributed by atoms with van der Waals surface area (Å²) in [5, 5.41) is 9.63. The van der Waals surface area contributed by atoms with E-state index in [9.17, 15) is 9.90 Å². The van der Waals surface area contributed by atoms with Crippen LogP contribution in [0.25, 0.3) is 0 Å². The zero-order valence-electron chi connectivity index (χ0n) is 7.33. The van der Waals surface area contributed by atoms with Crippen LogP contribution in [0.5, 0.6) is 11.5 Å². The van der Waals surface area contributed by atoms with Crippen LogP contribution >= 0.6 is 31.9 Å². The van der Waals surface area contributed by atoms with Crippen LogP contribution < -0.4 is 4.74 Å². The van der Waals surface area contributed by atoms with Crippen LogP contribution in [0.2, 0.25) is 0 Å². The summed E-state index contributed by atoms with van der Waals surface area (Å²) >= 11 is 6.30. The number of rotatable bonds is 3. The number of alkyl halides is 1. The number of phenols is 1. The third-order valence-electron chi connectivity index (χ3n) is 1.72. The standard InChI is InChI=1S/C9H8Br2O3/c1-14-5-2-6(8(11)4-12)9(13)7(10)3-5/h2-4,8,13H,1H3. The molecule has 1 aromatic rings. The molecule has 0 aromatic heterocycles. The Labute approximate surface area is 98.3 Å². The lowest BCUT2D eigenvalue weighted by Gasteiger charge is -2.10. The minimum absolute atomic E-state index is 0.0415. The summed E-state index contributed by atoms with van der Waals surface area (Å²) in [5.41, 5.74) is 0.478. The molecule has 0 saturated carbocycles. The van der Waals surface area contributed by atoms with Crippen LogP contribution in [-0.4, -0.2) is 18.5 Å². The molecule has 0 heterocycles. The van der Waals surface area contributed by atoms with Gasteiger partial charge in [-0.1, -0.05) is 15.9 Å². The number of benzene rings is 1. The second kappa shape index (κ2) is 4.79. The van der Waals surface area contributed by atoms with E-state index in [2.05, 4.69) is 31.9 Å². The molecule has 0 aliphatic rings. The smallest absolute Gasteiger partial charge is 0.138 e. The van der Waals surface area contributed by atoms with Gasteiger partial charge in [-0.05, 0) is 28.1 Å². The third kappa shape index (κ3) is 2.27. The second-order valence-corrected chi connectivity index (χ2v) is 4.43. The zero-order valence-corrected chi connectivity index (χ0v) is 10.5. The van der Waals surface area contributed by atoms with E-state index in [1.165, 1.54) is 7.11 Å². The van der Waals surface area contributed by atoms with Crippen LogP contribution in [0.3, 0.4) is 0 Å². The van der Waals surface area contributed by atoms with Crippen LogP contribution in [0.1, 0.15) is 10.4 Å². The maximum Gasteiger partial charge on any atom is 0.138 e. The van der Waals surface area contributed by atoms with Crippen molar-refractivity contribution in [3.05, 3.63) is 22.2 Å². The van der Waals surface area contributed by atoms with Gasteiger partial charge in [0.1, 0.15) is 17.8 Å². The fourth-order valence-corrected chi connectivity index (χ4v) is 1.80. The van der Waals surface area contributed by atoms with Crippen molar-refractivity contribution in [1.82, 2.24) is 0 Å². The molecule has 3 nitrogen and oxygen atoms in total. The fourth-order valence-electron chi connectivity index (χ4n) is 0.996. The first-order valence-electron chi connectivity index (χ1n) is 3.76. The summed E-state index contributed by atoms with van der Waals surface area (Å²) in [7, 11) is 1.52. The average molecular weight is 324 g/mol. The minimum Gasteiger partial charge on any atom is -0.506 e. The monoisotopic (exact) mass is 322 g/mol. The van der Waals surface area contributed by atoms with E-state index in [-0.39, 0.29) is 5.75 Å². The molecule has 1 unspecified atom stereocenters. The summed E-state index contributed by atoms with van der Waals surface area (Å²) in [6.07, 6.45) is 0.695. The Kier molecular flexibility index (Phi) is 3.95. The number of methoxy groups -OCH3 is 1. The van der Waals surface area contributed by atoms with Crippen LogP contribution in [0, 0.1) is 0 Å². The molecule has 1 atom stereocenters. The van der Waals surface area contributed by atoms with Crippen molar-refractivity contribution < 1.29 is 14.6 Å². The van der Waals surface area contributed by atoms with Gasteiger partial charge in [0, 0.05) is 5.56 Å². The second-order valence-electron chi connectivity index (χ2n) is 2.58. The molecule has 14 heavy (non-hydrogen) atoms. The first kappa shape index (κ1) is 11.5. The van der Waals surface area contributed by atoms with Gasteiger partial charge in [0.15, 0.2) is 0 Å². The summed E-state index contributed by atoms with van der Waals surface area (Å²) in [4.78, 5) is 10.0. The van der Waals surface area contributed by atoms with Crippen molar-refractivity contribution in [2.24, 2.45) is 0 Å². The molecule has 1 N–H and O–H groups in total. The van der Waals surface area contributed by atoms with Gasteiger partial charge >= 0.3 is 0 Å². The summed E-state index contributed by atoms with van der Waals surface area (Å²) in [5.74, 6) is 0.621. The molecular formula is C9H8Br2O3. The third-order valence-corrected chi connectivity index (χ3v) is 3.03. The van der Waals surface area contributed by atoms with E-state index in [0.29, 0.717) is 22.1 Å². The van der Waals surface area contributed by atoms with E-state index in [4.69, 9.17) is 4.74 Å². The highest BCUT2D eigenvalue weighted by Crippen LogP contribution is 2.38. The normalized spacial score (nSPS) is 12.2. The lowest BCUT2D eigenvalue weighted by molar-refractivity contribution is -0.107. The van der Waals surface area contributed by atoms with E-state index in [1.54, 1.807) is 12.1 Å². The van der Waals surface area contributed by atoms with Gasteiger partial charge in [0.25, 0.3) is 0 Å². The number of carbonyl (C=O) groups excluding carboxylic acids is 1. The van der Waals surface area contributed by atoms with Gasteiger partial charge in [-0.2, -0.15) is 0 Å². The molecule has 5 heteroatoms. The number of hydrogen-bond donors (Lipinski definition) is 1. The zero-order chi connectivity index (χ0) is 10.7. The average Bonchev–Trinajstić information content (AvgIpc) is 2.20. The molecule has 0 bridgehead atoms. The van der Waals surface area contributed by atoms with Crippen LogP contribution in [-0.2, 0) is 4.79 Å². The van der Waals surface area contributed by atoms with Crippen molar-refractivity contribution in [3.8, 4) is 11.5 Å². The molecule has 0 radical (unpaired) electrons. The Morgan fingerprint density at radius 2 is 2.21 bits per heavy atom. The first-order chi connectivity index (χ1) is 6.60. The predicted octanol–water partition coefficient (Wildman–Crippen LogP) is 2.80. The number of halogens is 2. The molecule has 0 aliphatic carbocycles. The number of phenolic OH excluding ortho intramolecular Hbond substituents is 1. The van der Waals surface area contributed by atoms with Gasteiger partial charge in [-0.3, -0.25) is 0 Å². The highest BCUT2D eigenvalue weighted by molar-refractivity contribution is 9.10. The lowest BCUT2D eigenvalue weighted by atomic mass is 10.1. The Bertz CT molecular complexity index is 352. The maximum absolute atomic E-state index is 10.6. The van der Waals surface area contributed by atoms with Gasteiger partial charge in [-0.25, -0.2) is 0 Å². The van der Waals surface area contributed by atoms with Gasteiger partial charge in [0.2, 0.25) is 0 Å². The molecule has 0 amide bonds.